The molecule has 3 atom stereocenters. The molecule has 6 heteroatoms. The highest BCUT2D eigenvalue weighted by Crippen LogP contribution is 2.25. The van der Waals surface area contributed by atoms with Gasteiger partial charge in [0.05, 0.1) is 18.8 Å². The van der Waals surface area contributed by atoms with E-state index in [4.69, 9.17) is 10.5 Å². The van der Waals surface area contributed by atoms with Crippen LogP contribution >= 0.6 is 12.4 Å². The minimum atomic E-state index is -0.714. The van der Waals surface area contributed by atoms with E-state index < -0.39 is 5.54 Å². The molecule has 0 aliphatic carbocycles. The molecule has 1 amide bonds. The van der Waals surface area contributed by atoms with E-state index in [-0.39, 0.29) is 18.3 Å². The van der Waals surface area contributed by atoms with Gasteiger partial charge in [-0.3, -0.25) is 9.69 Å². The Labute approximate surface area is 134 Å². The Balaban J connectivity index is 0.00000220. The number of rotatable bonds is 4. The van der Waals surface area contributed by atoms with Crippen LogP contribution in [0.25, 0.3) is 0 Å². The predicted octanol–water partition coefficient (Wildman–Crippen LogP) is 1.10. The summed E-state index contributed by atoms with van der Waals surface area (Å²) < 4.78 is 5.41. The van der Waals surface area contributed by atoms with E-state index in [1.54, 1.807) is 0 Å². The van der Waals surface area contributed by atoms with Gasteiger partial charge in [0, 0.05) is 32.2 Å². The fraction of sp³-hybridized carbons (Fsp3) is 0.933. The number of hydrogen-bond donors (Lipinski definition) is 1. The topological polar surface area (TPSA) is 58.8 Å². The van der Waals surface area contributed by atoms with Gasteiger partial charge in [-0.15, -0.1) is 12.4 Å². The monoisotopic (exact) mass is 319 g/mol. The molecule has 3 unspecified atom stereocenters. The summed E-state index contributed by atoms with van der Waals surface area (Å²) in [6.07, 6.45) is 1.69. The highest BCUT2D eigenvalue weighted by Gasteiger charge is 2.40. The van der Waals surface area contributed by atoms with Crippen molar-refractivity contribution in [2.45, 2.75) is 45.2 Å². The Morgan fingerprint density at radius 2 is 1.95 bits per heavy atom. The van der Waals surface area contributed by atoms with Crippen LogP contribution in [0.15, 0.2) is 0 Å². The number of halogens is 1. The van der Waals surface area contributed by atoms with Gasteiger partial charge in [0.1, 0.15) is 0 Å². The molecule has 0 spiro atoms. The fourth-order valence-corrected chi connectivity index (χ4v) is 3.49. The maximum absolute atomic E-state index is 12.6. The number of amides is 1. The van der Waals surface area contributed by atoms with Gasteiger partial charge in [-0.2, -0.15) is 0 Å². The molecule has 2 aliphatic rings. The van der Waals surface area contributed by atoms with Gasteiger partial charge in [-0.1, -0.05) is 20.3 Å². The highest BCUT2D eigenvalue weighted by molar-refractivity contribution is 5.86. The third-order valence-corrected chi connectivity index (χ3v) is 4.63. The lowest BCUT2D eigenvalue weighted by atomic mass is 9.96. The first-order chi connectivity index (χ1) is 9.45. The summed E-state index contributed by atoms with van der Waals surface area (Å²) in [5.74, 6) is 0.622. The van der Waals surface area contributed by atoms with E-state index in [0.717, 1.165) is 52.2 Å². The Morgan fingerprint density at radius 1 is 1.33 bits per heavy atom. The minimum Gasteiger partial charge on any atom is -0.379 e. The summed E-state index contributed by atoms with van der Waals surface area (Å²) in [7, 11) is 0. The lowest BCUT2D eigenvalue weighted by Crippen LogP contribution is -2.53. The van der Waals surface area contributed by atoms with E-state index in [1.807, 2.05) is 11.8 Å². The van der Waals surface area contributed by atoms with Crippen LogP contribution in [0.1, 0.15) is 33.6 Å². The second-order valence-corrected chi connectivity index (χ2v) is 6.57. The number of carbonyl (C=O) groups is 1. The lowest BCUT2D eigenvalue weighted by Gasteiger charge is -2.34. The second kappa shape index (κ2) is 7.77. The van der Waals surface area contributed by atoms with E-state index in [2.05, 4.69) is 18.7 Å². The standard InChI is InChI=1S/C15H29N3O2.ClH/c1-4-5-15(3,16)14(19)18-10-12(2)13(11-18)17-6-8-20-9-7-17;/h12-13H,4-11,16H2,1-3H3;1H. The number of likely N-dealkylation sites (tertiary alicyclic amines) is 1. The van der Waals surface area contributed by atoms with Crippen molar-refractivity contribution in [2.24, 2.45) is 11.7 Å². The third kappa shape index (κ3) is 4.31. The van der Waals surface area contributed by atoms with Crippen molar-refractivity contribution >= 4 is 18.3 Å². The van der Waals surface area contributed by atoms with Crippen LogP contribution < -0.4 is 5.73 Å². The van der Waals surface area contributed by atoms with Crippen molar-refractivity contribution in [1.82, 2.24) is 9.80 Å². The molecular formula is C15H30ClN3O2. The SMILES string of the molecule is CCCC(C)(N)C(=O)N1CC(C)C(N2CCOCC2)C1.Cl. The Morgan fingerprint density at radius 3 is 2.52 bits per heavy atom. The van der Waals surface area contributed by atoms with Crippen LogP contribution in [-0.4, -0.2) is 66.7 Å². The molecule has 0 aromatic heterocycles. The van der Waals surface area contributed by atoms with Gasteiger partial charge in [-0.25, -0.2) is 0 Å². The van der Waals surface area contributed by atoms with Crippen molar-refractivity contribution in [3.05, 3.63) is 0 Å². The number of hydrogen-bond acceptors (Lipinski definition) is 4. The Hall–Kier alpha value is -0.360. The molecule has 2 rings (SSSR count). The summed E-state index contributed by atoms with van der Waals surface area (Å²) in [6, 6.07) is 0.459. The minimum absolute atomic E-state index is 0. The molecule has 5 nitrogen and oxygen atoms in total. The van der Waals surface area contributed by atoms with Crippen LogP contribution in [-0.2, 0) is 9.53 Å². The zero-order valence-electron chi connectivity index (χ0n) is 13.5. The zero-order chi connectivity index (χ0) is 14.8. The van der Waals surface area contributed by atoms with E-state index in [1.165, 1.54) is 0 Å². The molecule has 0 aromatic carbocycles. The van der Waals surface area contributed by atoms with Gasteiger partial charge in [-0.05, 0) is 19.3 Å². The smallest absolute Gasteiger partial charge is 0.242 e. The number of carbonyl (C=O) groups excluding carboxylic acids is 1. The van der Waals surface area contributed by atoms with Gasteiger partial charge in [0.25, 0.3) is 0 Å². The van der Waals surface area contributed by atoms with Crippen LogP contribution in [0, 0.1) is 5.92 Å². The quantitative estimate of drug-likeness (QED) is 0.843. The van der Waals surface area contributed by atoms with Gasteiger partial charge in [0.15, 0.2) is 0 Å². The maximum Gasteiger partial charge on any atom is 0.242 e. The van der Waals surface area contributed by atoms with Crippen molar-refractivity contribution in [2.75, 3.05) is 39.4 Å². The van der Waals surface area contributed by atoms with Crippen LogP contribution in [0.5, 0.6) is 0 Å². The van der Waals surface area contributed by atoms with Gasteiger partial charge in [0.2, 0.25) is 5.91 Å². The number of ether oxygens (including phenoxy) is 1. The van der Waals surface area contributed by atoms with Crippen molar-refractivity contribution < 1.29 is 9.53 Å². The average Bonchev–Trinajstić information content (AvgIpc) is 2.81. The first-order valence-corrected chi connectivity index (χ1v) is 7.85. The fourth-order valence-electron chi connectivity index (χ4n) is 3.49. The molecule has 124 valence electrons. The zero-order valence-corrected chi connectivity index (χ0v) is 14.3. The largest absolute Gasteiger partial charge is 0.379 e. The van der Waals surface area contributed by atoms with Gasteiger partial charge < -0.3 is 15.4 Å². The van der Waals surface area contributed by atoms with Crippen LogP contribution in [0.2, 0.25) is 0 Å². The molecule has 0 radical (unpaired) electrons. The highest BCUT2D eigenvalue weighted by atomic mass is 35.5. The summed E-state index contributed by atoms with van der Waals surface area (Å²) in [4.78, 5) is 17.0. The van der Waals surface area contributed by atoms with Crippen LogP contribution in [0.3, 0.4) is 0 Å². The normalized spacial score (nSPS) is 29.8. The van der Waals surface area contributed by atoms with Crippen molar-refractivity contribution in [3.8, 4) is 0 Å². The molecule has 21 heavy (non-hydrogen) atoms. The third-order valence-electron chi connectivity index (χ3n) is 4.63. The van der Waals surface area contributed by atoms with Gasteiger partial charge >= 0.3 is 0 Å². The van der Waals surface area contributed by atoms with E-state index in [0.29, 0.717) is 12.0 Å². The number of nitrogens with zero attached hydrogens (tertiary/aromatic N) is 2. The van der Waals surface area contributed by atoms with E-state index in [9.17, 15) is 4.79 Å². The predicted molar refractivity (Wildman–Crippen MR) is 86.7 cm³/mol. The molecule has 2 saturated heterocycles. The molecule has 0 bridgehead atoms. The maximum atomic E-state index is 12.6. The lowest BCUT2D eigenvalue weighted by molar-refractivity contribution is -0.135. The van der Waals surface area contributed by atoms with Crippen LogP contribution in [0.4, 0.5) is 0 Å². The first kappa shape index (κ1) is 18.7. The number of nitrogens with two attached hydrogens (primary N) is 1. The summed E-state index contributed by atoms with van der Waals surface area (Å²) in [5.41, 5.74) is 5.48. The van der Waals surface area contributed by atoms with Crippen molar-refractivity contribution in [1.29, 1.82) is 0 Å². The van der Waals surface area contributed by atoms with Crippen molar-refractivity contribution in [3.63, 3.8) is 0 Å². The summed E-state index contributed by atoms with van der Waals surface area (Å²) in [5, 5.41) is 0. The molecule has 0 aromatic rings. The molecule has 2 fully saturated rings. The first-order valence-electron chi connectivity index (χ1n) is 7.85. The second-order valence-electron chi connectivity index (χ2n) is 6.57. The molecule has 2 aliphatic heterocycles. The molecule has 0 saturated carbocycles. The Kier molecular flexibility index (Phi) is 6.91. The number of morpholine rings is 1. The molecular weight excluding hydrogens is 290 g/mol. The molecule has 2 N–H and O–H groups in total. The molecule has 2 heterocycles. The van der Waals surface area contributed by atoms with E-state index >= 15 is 0 Å². The summed E-state index contributed by atoms with van der Waals surface area (Å²) >= 11 is 0. The summed E-state index contributed by atoms with van der Waals surface area (Å²) in [6.45, 7) is 11.4. The average molecular weight is 320 g/mol. The Bertz CT molecular complexity index is 346.